The van der Waals surface area contributed by atoms with E-state index in [-0.39, 0.29) is 11.4 Å². The highest BCUT2D eigenvalue weighted by molar-refractivity contribution is 5.79. The maximum atomic E-state index is 12.6. The highest BCUT2D eigenvalue weighted by atomic mass is 19.3. The predicted molar refractivity (Wildman–Crippen MR) is 53.0 cm³/mol. The molecule has 2 atom stereocenters. The fraction of sp³-hybridized carbons (Fsp3) is 0.917. The van der Waals surface area contributed by atoms with Crippen molar-refractivity contribution in [3.63, 3.8) is 0 Å². The summed E-state index contributed by atoms with van der Waals surface area (Å²) < 4.78 is 30.1. The van der Waals surface area contributed by atoms with Crippen molar-refractivity contribution in [2.45, 2.75) is 38.5 Å². The van der Waals surface area contributed by atoms with Gasteiger partial charge < -0.3 is 4.74 Å². The van der Waals surface area contributed by atoms with Crippen LogP contribution in [0.15, 0.2) is 0 Å². The van der Waals surface area contributed by atoms with E-state index in [1.54, 1.807) is 0 Å². The number of carbonyl (C=O) groups excluding carboxylic acids is 1. The summed E-state index contributed by atoms with van der Waals surface area (Å²) in [6, 6.07) is 0. The second-order valence-corrected chi connectivity index (χ2v) is 5.90. The van der Waals surface area contributed by atoms with Crippen molar-refractivity contribution < 1.29 is 18.3 Å². The molecule has 0 N–H and O–H groups in total. The molecule has 0 aromatic heterocycles. The van der Waals surface area contributed by atoms with Crippen LogP contribution in [0, 0.1) is 23.2 Å². The summed E-state index contributed by atoms with van der Waals surface area (Å²) in [7, 11) is 0. The number of ether oxygens (including phenoxy) is 1. The molecule has 0 aromatic carbocycles. The molecular formula is C12H16F2O2. The molecule has 0 aromatic rings. The predicted octanol–water partition coefficient (Wildman–Crippen LogP) is 2.62. The van der Waals surface area contributed by atoms with Crippen LogP contribution in [-0.4, -0.2) is 18.5 Å². The van der Waals surface area contributed by atoms with E-state index in [1.165, 1.54) is 0 Å². The normalized spacial score (nSPS) is 44.3. The fourth-order valence-electron chi connectivity index (χ4n) is 4.18. The van der Waals surface area contributed by atoms with Crippen molar-refractivity contribution in [3.05, 3.63) is 0 Å². The molecule has 4 aliphatic rings. The number of alkyl halides is 2. The maximum Gasteiger partial charge on any atom is 0.312 e. The van der Waals surface area contributed by atoms with Crippen LogP contribution in [0.3, 0.4) is 0 Å². The van der Waals surface area contributed by atoms with Crippen LogP contribution in [0.25, 0.3) is 0 Å². The third-order valence-electron chi connectivity index (χ3n) is 4.74. The summed E-state index contributed by atoms with van der Waals surface area (Å²) >= 11 is 0. The molecule has 4 bridgehead atoms. The van der Waals surface area contributed by atoms with Crippen LogP contribution < -0.4 is 0 Å². The average molecular weight is 230 g/mol. The van der Waals surface area contributed by atoms with E-state index in [9.17, 15) is 13.6 Å². The number of rotatable bonds is 3. The lowest BCUT2D eigenvalue weighted by atomic mass is 9.81. The lowest BCUT2D eigenvalue weighted by molar-refractivity contribution is -0.166. The fourth-order valence-corrected chi connectivity index (χ4v) is 4.18. The molecule has 4 saturated carbocycles. The molecule has 16 heavy (non-hydrogen) atoms. The van der Waals surface area contributed by atoms with Crippen LogP contribution >= 0.6 is 0 Å². The smallest absolute Gasteiger partial charge is 0.312 e. The van der Waals surface area contributed by atoms with Gasteiger partial charge in [-0.3, -0.25) is 4.79 Å². The van der Waals surface area contributed by atoms with E-state index in [0.29, 0.717) is 17.8 Å². The second kappa shape index (κ2) is 2.96. The van der Waals surface area contributed by atoms with Gasteiger partial charge in [0.15, 0.2) is 6.61 Å². The molecule has 0 amide bonds. The Bertz CT molecular complexity index is 320. The van der Waals surface area contributed by atoms with Gasteiger partial charge in [0.2, 0.25) is 0 Å². The van der Waals surface area contributed by atoms with Crippen molar-refractivity contribution in [2.75, 3.05) is 6.61 Å². The summed E-state index contributed by atoms with van der Waals surface area (Å²) in [4.78, 5) is 12.0. The minimum absolute atomic E-state index is 0.360. The quantitative estimate of drug-likeness (QED) is 0.697. The van der Waals surface area contributed by atoms with E-state index in [2.05, 4.69) is 0 Å². The van der Waals surface area contributed by atoms with E-state index in [1.807, 2.05) is 0 Å². The third-order valence-corrected chi connectivity index (χ3v) is 4.74. The molecular weight excluding hydrogens is 214 g/mol. The van der Waals surface area contributed by atoms with Crippen LogP contribution in [0.4, 0.5) is 8.78 Å². The first-order valence-corrected chi connectivity index (χ1v) is 5.96. The molecule has 4 aliphatic carbocycles. The number of halogens is 2. The first-order chi connectivity index (χ1) is 7.41. The minimum Gasteiger partial charge on any atom is -0.459 e. The van der Waals surface area contributed by atoms with E-state index in [4.69, 9.17) is 4.74 Å². The van der Waals surface area contributed by atoms with E-state index in [0.717, 1.165) is 32.6 Å². The maximum absolute atomic E-state index is 12.6. The van der Waals surface area contributed by atoms with Crippen molar-refractivity contribution in [2.24, 2.45) is 23.2 Å². The van der Waals surface area contributed by atoms with Crippen LogP contribution in [0.1, 0.15) is 32.6 Å². The largest absolute Gasteiger partial charge is 0.459 e. The Morgan fingerprint density at radius 1 is 1.38 bits per heavy atom. The van der Waals surface area contributed by atoms with E-state index < -0.39 is 12.5 Å². The molecule has 0 saturated heterocycles. The van der Waals surface area contributed by atoms with Gasteiger partial charge in [0, 0.05) is 6.92 Å². The Labute approximate surface area is 93.3 Å². The Hall–Kier alpha value is -0.670. The van der Waals surface area contributed by atoms with Gasteiger partial charge in [-0.15, -0.1) is 0 Å². The Morgan fingerprint density at radius 3 is 2.31 bits per heavy atom. The van der Waals surface area contributed by atoms with Crippen LogP contribution in [-0.2, 0) is 9.53 Å². The van der Waals surface area contributed by atoms with E-state index >= 15 is 0 Å². The summed E-state index contributed by atoms with van der Waals surface area (Å²) in [5.74, 6) is -1.52. The Kier molecular flexibility index (Phi) is 1.94. The molecule has 0 spiro atoms. The van der Waals surface area contributed by atoms with Crippen molar-refractivity contribution in [3.8, 4) is 0 Å². The number of carbonyl (C=O) groups is 1. The lowest BCUT2D eigenvalue weighted by Crippen LogP contribution is -2.35. The number of hydrogen-bond donors (Lipinski definition) is 0. The van der Waals surface area contributed by atoms with Crippen molar-refractivity contribution >= 4 is 5.97 Å². The second-order valence-electron chi connectivity index (χ2n) is 5.90. The Balaban J connectivity index is 1.68. The van der Waals surface area contributed by atoms with Gasteiger partial charge in [-0.2, -0.15) is 0 Å². The highest BCUT2D eigenvalue weighted by Gasteiger charge is 2.67. The lowest BCUT2D eigenvalue weighted by Gasteiger charge is -2.26. The topological polar surface area (TPSA) is 26.3 Å². The van der Waals surface area contributed by atoms with Gasteiger partial charge >= 0.3 is 5.97 Å². The standard InChI is InChI=1S/C12H16F2O2/c1-11(13,14)6-16-10(15)12-4-7-2-9(12)3-8(7)5-12/h7-9H,2-6H2,1H3. The van der Waals surface area contributed by atoms with Gasteiger partial charge in [0.1, 0.15) is 0 Å². The zero-order chi connectivity index (χ0) is 11.6. The molecule has 2 unspecified atom stereocenters. The Morgan fingerprint density at radius 2 is 1.94 bits per heavy atom. The summed E-state index contributed by atoms with van der Waals surface area (Å²) in [5, 5.41) is 0. The molecule has 0 heterocycles. The third kappa shape index (κ3) is 1.31. The first-order valence-electron chi connectivity index (χ1n) is 5.96. The molecule has 4 rings (SSSR count). The molecule has 0 radical (unpaired) electrons. The molecule has 4 heteroatoms. The van der Waals surface area contributed by atoms with Gasteiger partial charge in [-0.25, -0.2) is 8.78 Å². The highest BCUT2D eigenvalue weighted by Crippen LogP contribution is 2.70. The minimum atomic E-state index is -2.91. The monoisotopic (exact) mass is 230 g/mol. The van der Waals surface area contributed by atoms with Crippen molar-refractivity contribution in [1.82, 2.24) is 0 Å². The number of hydrogen-bond acceptors (Lipinski definition) is 2. The zero-order valence-corrected chi connectivity index (χ0v) is 9.34. The van der Waals surface area contributed by atoms with Crippen LogP contribution in [0.2, 0.25) is 0 Å². The first kappa shape index (κ1) is 10.5. The average Bonchev–Trinajstić information content (AvgIpc) is 2.83. The van der Waals surface area contributed by atoms with Gasteiger partial charge in [0.05, 0.1) is 5.41 Å². The van der Waals surface area contributed by atoms with Gasteiger partial charge in [-0.1, -0.05) is 0 Å². The molecule has 90 valence electrons. The van der Waals surface area contributed by atoms with Crippen molar-refractivity contribution in [1.29, 1.82) is 0 Å². The number of esters is 1. The summed E-state index contributed by atoms with van der Waals surface area (Å²) in [6.45, 7) is 0.0135. The van der Waals surface area contributed by atoms with Crippen LogP contribution in [0.5, 0.6) is 0 Å². The molecule has 2 nitrogen and oxygen atoms in total. The summed E-state index contributed by atoms with van der Waals surface area (Å²) in [5.41, 5.74) is -0.374. The van der Waals surface area contributed by atoms with Gasteiger partial charge in [0.25, 0.3) is 5.92 Å². The molecule has 0 aliphatic heterocycles. The van der Waals surface area contributed by atoms with Gasteiger partial charge in [-0.05, 0) is 43.4 Å². The molecule has 4 fully saturated rings. The summed E-state index contributed by atoms with van der Waals surface area (Å²) in [6.07, 6.45) is 4.00. The zero-order valence-electron chi connectivity index (χ0n) is 9.34. The SMILES string of the molecule is CC(F)(F)COC(=O)C12CC3CC1CC3C2.